The first-order chi connectivity index (χ1) is 7.20. The molecular formula is C10H10N4O. The molecule has 0 unspecified atom stereocenters. The number of nitrogens with two attached hydrogens (primary N) is 1. The molecule has 2 N–H and O–H groups in total. The van der Waals surface area contributed by atoms with Crippen molar-refractivity contribution >= 4 is 5.91 Å². The molecule has 5 nitrogen and oxygen atoms in total. The fraction of sp³-hybridized carbons (Fsp3) is 0.100. The Balaban J connectivity index is 2.63. The molecule has 0 spiro atoms. The van der Waals surface area contributed by atoms with Crippen molar-refractivity contribution in [3.8, 4) is 11.4 Å². The summed E-state index contributed by atoms with van der Waals surface area (Å²) in [4.78, 5) is 19.3. The van der Waals surface area contributed by atoms with Gasteiger partial charge in [0.2, 0.25) is 0 Å². The Morgan fingerprint density at radius 3 is 2.93 bits per heavy atom. The van der Waals surface area contributed by atoms with E-state index >= 15 is 0 Å². The first-order valence-corrected chi connectivity index (χ1v) is 4.41. The van der Waals surface area contributed by atoms with Crippen molar-refractivity contribution in [2.75, 3.05) is 0 Å². The lowest BCUT2D eigenvalue weighted by Crippen LogP contribution is -2.13. The van der Waals surface area contributed by atoms with Crippen LogP contribution in [0.5, 0.6) is 0 Å². The molecule has 0 aromatic carbocycles. The van der Waals surface area contributed by atoms with E-state index in [9.17, 15) is 4.79 Å². The van der Waals surface area contributed by atoms with Gasteiger partial charge < -0.3 is 10.3 Å². The van der Waals surface area contributed by atoms with Crippen LogP contribution in [0.25, 0.3) is 11.4 Å². The van der Waals surface area contributed by atoms with E-state index in [-0.39, 0.29) is 0 Å². The average molecular weight is 202 g/mol. The first-order valence-electron chi connectivity index (χ1n) is 4.41. The molecule has 0 saturated heterocycles. The van der Waals surface area contributed by atoms with E-state index < -0.39 is 5.91 Å². The van der Waals surface area contributed by atoms with Crippen LogP contribution in [0.15, 0.2) is 30.9 Å². The second kappa shape index (κ2) is 3.53. The van der Waals surface area contributed by atoms with Gasteiger partial charge in [-0.25, -0.2) is 4.98 Å². The third-order valence-electron chi connectivity index (χ3n) is 2.13. The minimum absolute atomic E-state index is 0.404. The fourth-order valence-electron chi connectivity index (χ4n) is 1.39. The van der Waals surface area contributed by atoms with Gasteiger partial charge in [0.05, 0.1) is 23.8 Å². The van der Waals surface area contributed by atoms with E-state index in [0.29, 0.717) is 11.3 Å². The highest BCUT2D eigenvalue weighted by molar-refractivity contribution is 5.98. The molecule has 1 amide bonds. The number of carbonyl (C=O) groups is 1. The summed E-state index contributed by atoms with van der Waals surface area (Å²) in [6.07, 6.45) is 4.92. The van der Waals surface area contributed by atoms with Crippen LogP contribution in [-0.2, 0) is 7.05 Å². The zero-order valence-electron chi connectivity index (χ0n) is 8.21. The van der Waals surface area contributed by atoms with Crippen LogP contribution in [0, 0.1) is 0 Å². The smallest absolute Gasteiger partial charge is 0.250 e. The van der Waals surface area contributed by atoms with Crippen molar-refractivity contribution in [2.45, 2.75) is 0 Å². The first kappa shape index (κ1) is 9.39. The highest BCUT2D eigenvalue weighted by Gasteiger charge is 2.12. The Hall–Kier alpha value is -2.17. The minimum Gasteiger partial charge on any atom is -0.366 e. The van der Waals surface area contributed by atoms with Gasteiger partial charge in [-0.05, 0) is 12.1 Å². The topological polar surface area (TPSA) is 73.8 Å². The number of rotatable bonds is 2. The largest absolute Gasteiger partial charge is 0.366 e. The van der Waals surface area contributed by atoms with Crippen LogP contribution < -0.4 is 5.73 Å². The summed E-state index contributed by atoms with van der Waals surface area (Å²) in [5.74, 6) is -0.487. The number of carbonyl (C=O) groups excluding carboxylic acids is 1. The van der Waals surface area contributed by atoms with E-state index in [1.54, 1.807) is 35.4 Å². The molecule has 15 heavy (non-hydrogen) atoms. The number of pyridine rings is 1. The maximum atomic E-state index is 11.2. The molecule has 2 rings (SSSR count). The van der Waals surface area contributed by atoms with Crippen LogP contribution >= 0.6 is 0 Å². The average Bonchev–Trinajstić information content (AvgIpc) is 2.64. The Labute approximate surface area is 86.6 Å². The molecule has 2 aromatic heterocycles. The van der Waals surface area contributed by atoms with Crippen molar-refractivity contribution in [3.63, 3.8) is 0 Å². The normalized spacial score (nSPS) is 10.2. The number of imidazole rings is 1. The van der Waals surface area contributed by atoms with Crippen molar-refractivity contribution in [2.24, 2.45) is 12.8 Å². The summed E-state index contributed by atoms with van der Waals surface area (Å²) in [5.41, 5.74) is 6.99. The predicted octanol–water partition coefficient (Wildman–Crippen LogP) is 0.581. The van der Waals surface area contributed by atoms with Gasteiger partial charge >= 0.3 is 0 Å². The highest BCUT2D eigenvalue weighted by Crippen LogP contribution is 2.19. The van der Waals surface area contributed by atoms with Crippen molar-refractivity contribution in [3.05, 3.63) is 36.4 Å². The Morgan fingerprint density at radius 2 is 2.33 bits per heavy atom. The number of nitrogens with zero attached hydrogens (tertiary/aromatic N) is 3. The number of primary amides is 1. The molecule has 76 valence electrons. The lowest BCUT2D eigenvalue weighted by atomic mass is 10.1. The van der Waals surface area contributed by atoms with Crippen molar-refractivity contribution in [1.82, 2.24) is 14.5 Å². The van der Waals surface area contributed by atoms with E-state index in [1.165, 1.54) is 0 Å². The van der Waals surface area contributed by atoms with E-state index in [0.717, 1.165) is 5.69 Å². The lowest BCUT2D eigenvalue weighted by molar-refractivity contribution is 0.100. The van der Waals surface area contributed by atoms with Gasteiger partial charge in [0.1, 0.15) is 5.69 Å². The summed E-state index contributed by atoms with van der Waals surface area (Å²) in [6.45, 7) is 0. The number of aryl methyl sites for hydroxylation is 1. The maximum absolute atomic E-state index is 11.2. The van der Waals surface area contributed by atoms with Gasteiger partial charge in [-0.2, -0.15) is 0 Å². The van der Waals surface area contributed by atoms with Crippen LogP contribution in [0.4, 0.5) is 0 Å². The van der Waals surface area contributed by atoms with Crippen molar-refractivity contribution in [1.29, 1.82) is 0 Å². The number of hydrogen-bond acceptors (Lipinski definition) is 3. The summed E-state index contributed by atoms with van der Waals surface area (Å²) in [7, 11) is 1.84. The Bertz CT molecular complexity index is 504. The van der Waals surface area contributed by atoms with E-state index in [1.807, 2.05) is 7.05 Å². The molecule has 0 fully saturated rings. The molecular weight excluding hydrogens is 192 g/mol. The minimum atomic E-state index is -0.487. The molecule has 0 aliphatic heterocycles. The zero-order valence-corrected chi connectivity index (χ0v) is 8.21. The molecule has 0 radical (unpaired) electrons. The van der Waals surface area contributed by atoms with Gasteiger partial charge in [0, 0.05) is 13.2 Å². The monoisotopic (exact) mass is 202 g/mol. The molecule has 0 saturated carbocycles. The fourth-order valence-corrected chi connectivity index (χ4v) is 1.39. The number of hydrogen-bond donors (Lipinski definition) is 1. The molecule has 0 aliphatic carbocycles. The van der Waals surface area contributed by atoms with Crippen LogP contribution in [-0.4, -0.2) is 20.4 Å². The Kier molecular flexibility index (Phi) is 2.21. The third-order valence-corrected chi connectivity index (χ3v) is 2.13. The summed E-state index contributed by atoms with van der Waals surface area (Å²) in [5, 5.41) is 0. The maximum Gasteiger partial charge on any atom is 0.250 e. The number of amides is 1. The van der Waals surface area contributed by atoms with Crippen LogP contribution in [0.2, 0.25) is 0 Å². The predicted molar refractivity (Wildman–Crippen MR) is 55.0 cm³/mol. The van der Waals surface area contributed by atoms with Crippen molar-refractivity contribution < 1.29 is 4.79 Å². The number of aromatic nitrogens is 3. The summed E-state index contributed by atoms with van der Waals surface area (Å²) >= 11 is 0. The standard InChI is InChI=1S/C10H10N4O/c1-14-6-12-5-8(14)9-7(10(11)15)3-2-4-13-9/h2-6H,1H3,(H2,11,15). The third kappa shape index (κ3) is 1.59. The highest BCUT2D eigenvalue weighted by atomic mass is 16.1. The van der Waals surface area contributed by atoms with Gasteiger partial charge in [0.15, 0.2) is 0 Å². The SMILES string of the molecule is Cn1cncc1-c1ncccc1C(N)=O. The molecule has 2 heterocycles. The lowest BCUT2D eigenvalue weighted by Gasteiger charge is -2.05. The molecule has 2 aromatic rings. The second-order valence-electron chi connectivity index (χ2n) is 3.15. The van der Waals surface area contributed by atoms with Gasteiger partial charge in [-0.3, -0.25) is 9.78 Å². The van der Waals surface area contributed by atoms with Crippen LogP contribution in [0.1, 0.15) is 10.4 Å². The quantitative estimate of drug-likeness (QED) is 0.774. The van der Waals surface area contributed by atoms with E-state index in [4.69, 9.17) is 5.73 Å². The van der Waals surface area contributed by atoms with Gasteiger partial charge in [0.25, 0.3) is 5.91 Å². The summed E-state index contributed by atoms with van der Waals surface area (Å²) < 4.78 is 1.79. The second-order valence-corrected chi connectivity index (χ2v) is 3.15. The zero-order chi connectivity index (χ0) is 10.8. The summed E-state index contributed by atoms with van der Waals surface area (Å²) in [6, 6.07) is 3.33. The Morgan fingerprint density at radius 1 is 1.53 bits per heavy atom. The molecule has 0 atom stereocenters. The van der Waals surface area contributed by atoms with Gasteiger partial charge in [-0.1, -0.05) is 0 Å². The van der Waals surface area contributed by atoms with Crippen LogP contribution in [0.3, 0.4) is 0 Å². The van der Waals surface area contributed by atoms with Gasteiger partial charge in [-0.15, -0.1) is 0 Å². The van der Waals surface area contributed by atoms with E-state index in [2.05, 4.69) is 9.97 Å². The molecule has 5 heteroatoms. The molecule has 0 aliphatic rings. The molecule has 0 bridgehead atoms.